The van der Waals surface area contributed by atoms with Crippen LogP contribution in [0.3, 0.4) is 0 Å². The van der Waals surface area contributed by atoms with Crippen LogP contribution < -0.4 is 5.46 Å². The molecular formula is C16H22BFO4. The highest BCUT2D eigenvalue weighted by atomic mass is 19.1. The molecule has 0 radical (unpaired) electrons. The Kier molecular flexibility index (Phi) is 3.64. The van der Waals surface area contributed by atoms with Gasteiger partial charge in [-0.25, -0.2) is 4.39 Å². The van der Waals surface area contributed by atoms with E-state index in [-0.39, 0.29) is 18.2 Å². The third-order valence-electron chi connectivity index (χ3n) is 4.88. The lowest BCUT2D eigenvalue weighted by atomic mass is 9.77. The summed E-state index contributed by atoms with van der Waals surface area (Å²) in [5, 5.41) is 0. The topological polar surface area (TPSA) is 40.2 Å². The van der Waals surface area contributed by atoms with Crippen molar-refractivity contribution < 1.29 is 23.2 Å². The van der Waals surface area contributed by atoms with E-state index in [2.05, 4.69) is 0 Å². The van der Waals surface area contributed by atoms with E-state index < -0.39 is 18.3 Å². The van der Waals surface area contributed by atoms with Crippen LogP contribution in [0, 0.1) is 12.7 Å². The Hall–Kier alpha value is -0.945. The Morgan fingerprint density at radius 2 is 1.73 bits per heavy atom. The molecule has 6 heteroatoms. The molecule has 1 aromatic rings. The Morgan fingerprint density at radius 1 is 1.14 bits per heavy atom. The summed E-state index contributed by atoms with van der Waals surface area (Å²) in [4.78, 5) is 0. The Bertz CT molecular complexity index is 586. The van der Waals surface area contributed by atoms with E-state index in [1.165, 1.54) is 6.07 Å². The summed E-state index contributed by atoms with van der Waals surface area (Å²) in [6.07, 6.45) is -0.401. The van der Waals surface area contributed by atoms with E-state index in [0.29, 0.717) is 5.46 Å². The third kappa shape index (κ3) is 2.48. The second-order valence-corrected chi connectivity index (χ2v) is 6.98. The molecule has 2 fully saturated rings. The summed E-state index contributed by atoms with van der Waals surface area (Å²) in [5.41, 5.74) is 1.16. The standard InChI is InChI=1S/C16H22BFO4/c1-9-7-12(18)11(8-10(9)13-14(19-6)20-13)17-21-15(2,3)16(4,5)22-17/h7-8,13-14H,1-6H3. The number of benzene rings is 1. The first-order valence-electron chi connectivity index (χ1n) is 7.50. The SMILES string of the molecule is COC1OC1c1cc(B2OC(C)(C)C(C)(C)O2)c(F)cc1C. The first kappa shape index (κ1) is 15.9. The van der Waals surface area contributed by atoms with E-state index in [0.717, 1.165) is 11.1 Å². The zero-order valence-corrected chi connectivity index (χ0v) is 13.9. The van der Waals surface area contributed by atoms with Crippen LogP contribution in [0.2, 0.25) is 0 Å². The molecule has 2 heterocycles. The summed E-state index contributed by atoms with van der Waals surface area (Å²) in [5.74, 6) is -0.325. The molecule has 0 N–H and O–H groups in total. The van der Waals surface area contributed by atoms with Crippen LogP contribution in [0.25, 0.3) is 0 Å². The van der Waals surface area contributed by atoms with Crippen molar-refractivity contribution in [3.8, 4) is 0 Å². The zero-order valence-electron chi connectivity index (χ0n) is 13.9. The van der Waals surface area contributed by atoms with Crippen molar-refractivity contribution in [2.75, 3.05) is 7.11 Å². The van der Waals surface area contributed by atoms with Crippen LogP contribution in [-0.2, 0) is 18.8 Å². The van der Waals surface area contributed by atoms with Gasteiger partial charge in [-0.2, -0.15) is 0 Å². The van der Waals surface area contributed by atoms with E-state index >= 15 is 0 Å². The van der Waals surface area contributed by atoms with Crippen LogP contribution in [0.1, 0.15) is 44.9 Å². The smallest absolute Gasteiger partial charge is 0.399 e. The number of hydrogen-bond acceptors (Lipinski definition) is 4. The quantitative estimate of drug-likeness (QED) is 0.635. The predicted molar refractivity (Wildman–Crippen MR) is 81.5 cm³/mol. The lowest BCUT2D eigenvalue weighted by Gasteiger charge is -2.32. The fourth-order valence-corrected chi connectivity index (χ4v) is 2.66. The highest BCUT2D eigenvalue weighted by molar-refractivity contribution is 6.62. The number of rotatable bonds is 3. The van der Waals surface area contributed by atoms with Crippen molar-refractivity contribution in [2.24, 2.45) is 0 Å². The largest absolute Gasteiger partial charge is 0.497 e. The number of aryl methyl sites for hydroxylation is 1. The minimum absolute atomic E-state index is 0.147. The summed E-state index contributed by atoms with van der Waals surface area (Å²) < 4.78 is 36.9. The van der Waals surface area contributed by atoms with Gasteiger partial charge in [0.1, 0.15) is 11.9 Å². The molecule has 3 rings (SSSR count). The number of halogens is 1. The van der Waals surface area contributed by atoms with E-state index in [1.807, 2.05) is 34.6 Å². The molecule has 0 amide bonds. The molecule has 0 bridgehead atoms. The molecule has 0 aliphatic carbocycles. The van der Waals surface area contributed by atoms with Gasteiger partial charge in [-0.1, -0.05) is 6.07 Å². The average molecular weight is 308 g/mol. The molecule has 120 valence electrons. The van der Waals surface area contributed by atoms with Crippen molar-refractivity contribution in [3.63, 3.8) is 0 Å². The molecule has 2 saturated heterocycles. The van der Waals surface area contributed by atoms with Gasteiger partial charge in [0.15, 0.2) is 6.29 Å². The maximum absolute atomic E-state index is 14.4. The molecule has 4 nitrogen and oxygen atoms in total. The highest BCUT2D eigenvalue weighted by Crippen LogP contribution is 2.41. The summed E-state index contributed by atoms with van der Waals surface area (Å²) >= 11 is 0. The second-order valence-electron chi connectivity index (χ2n) is 6.98. The van der Waals surface area contributed by atoms with Crippen molar-refractivity contribution in [1.82, 2.24) is 0 Å². The lowest BCUT2D eigenvalue weighted by Crippen LogP contribution is -2.41. The minimum Gasteiger partial charge on any atom is -0.399 e. The van der Waals surface area contributed by atoms with Gasteiger partial charge in [0.25, 0.3) is 0 Å². The molecule has 0 saturated carbocycles. The molecular weight excluding hydrogens is 286 g/mol. The van der Waals surface area contributed by atoms with Crippen molar-refractivity contribution in [2.45, 2.75) is 58.2 Å². The first-order chi connectivity index (χ1) is 10.2. The normalized spacial score (nSPS) is 29.0. The van der Waals surface area contributed by atoms with Gasteiger partial charge in [0, 0.05) is 12.6 Å². The summed E-state index contributed by atoms with van der Waals surface area (Å²) in [6.45, 7) is 9.66. The fourth-order valence-electron chi connectivity index (χ4n) is 2.66. The third-order valence-corrected chi connectivity index (χ3v) is 4.88. The number of hydrogen-bond donors (Lipinski definition) is 0. The molecule has 2 aliphatic heterocycles. The molecule has 0 aromatic heterocycles. The molecule has 0 spiro atoms. The van der Waals surface area contributed by atoms with Crippen LogP contribution in [0.15, 0.2) is 12.1 Å². The monoisotopic (exact) mass is 308 g/mol. The molecule has 22 heavy (non-hydrogen) atoms. The van der Waals surface area contributed by atoms with Crippen LogP contribution >= 0.6 is 0 Å². The zero-order chi connectivity index (χ0) is 16.3. The summed E-state index contributed by atoms with van der Waals surface area (Å²) in [7, 11) is 0.877. The van der Waals surface area contributed by atoms with Gasteiger partial charge < -0.3 is 18.8 Å². The maximum Gasteiger partial charge on any atom is 0.497 e. The Balaban J connectivity index is 1.93. The van der Waals surface area contributed by atoms with E-state index in [4.69, 9.17) is 18.8 Å². The maximum atomic E-state index is 14.4. The van der Waals surface area contributed by atoms with Crippen molar-refractivity contribution in [1.29, 1.82) is 0 Å². The van der Waals surface area contributed by atoms with Crippen LogP contribution in [0.5, 0.6) is 0 Å². The molecule has 2 atom stereocenters. The van der Waals surface area contributed by atoms with E-state index in [1.54, 1.807) is 13.2 Å². The highest BCUT2D eigenvalue weighted by Gasteiger charge is 2.53. The first-order valence-corrected chi connectivity index (χ1v) is 7.50. The fraction of sp³-hybridized carbons (Fsp3) is 0.625. The van der Waals surface area contributed by atoms with E-state index in [9.17, 15) is 4.39 Å². The number of epoxide rings is 1. The average Bonchev–Trinajstić information content (AvgIpc) is 3.12. The number of methoxy groups -OCH3 is 1. The van der Waals surface area contributed by atoms with Gasteiger partial charge in [-0.05, 0) is 51.8 Å². The molecule has 2 unspecified atom stereocenters. The Morgan fingerprint density at radius 3 is 2.23 bits per heavy atom. The van der Waals surface area contributed by atoms with Crippen molar-refractivity contribution in [3.05, 3.63) is 29.1 Å². The molecule has 2 aliphatic rings. The minimum atomic E-state index is -0.718. The van der Waals surface area contributed by atoms with Crippen LogP contribution in [0.4, 0.5) is 4.39 Å². The Labute approximate surface area is 131 Å². The lowest BCUT2D eigenvalue weighted by molar-refractivity contribution is 0.00578. The van der Waals surface area contributed by atoms with Crippen LogP contribution in [-0.4, -0.2) is 31.7 Å². The van der Waals surface area contributed by atoms with Gasteiger partial charge >= 0.3 is 7.12 Å². The van der Waals surface area contributed by atoms with Gasteiger partial charge in [-0.3, -0.25) is 0 Å². The summed E-state index contributed by atoms with van der Waals surface area (Å²) in [6, 6.07) is 3.28. The van der Waals surface area contributed by atoms with Gasteiger partial charge in [0.05, 0.1) is 11.2 Å². The van der Waals surface area contributed by atoms with Gasteiger partial charge in [0.2, 0.25) is 0 Å². The number of ether oxygens (including phenoxy) is 2. The van der Waals surface area contributed by atoms with Crippen molar-refractivity contribution >= 4 is 12.6 Å². The molecule has 1 aromatic carbocycles. The predicted octanol–water partition coefficient (Wildman–Crippen LogP) is 2.48. The second kappa shape index (κ2) is 5.03. The van der Waals surface area contributed by atoms with Gasteiger partial charge in [-0.15, -0.1) is 0 Å².